The molecule has 0 bridgehead atoms. The van der Waals surface area contributed by atoms with E-state index in [1.54, 1.807) is 36.4 Å². The summed E-state index contributed by atoms with van der Waals surface area (Å²) in [6.45, 7) is 2.02. The number of nitrogens with one attached hydrogen (secondary N) is 1. The van der Waals surface area contributed by atoms with Gasteiger partial charge in [0.1, 0.15) is 5.52 Å². The summed E-state index contributed by atoms with van der Waals surface area (Å²) >= 11 is 12.1. The van der Waals surface area contributed by atoms with Crippen LogP contribution in [0.1, 0.15) is 15.9 Å². The molecule has 4 aromatic rings. The summed E-state index contributed by atoms with van der Waals surface area (Å²) in [5.41, 5.74) is 4.26. The highest BCUT2D eigenvalue weighted by Gasteiger charge is 2.14. The van der Waals surface area contributed by atoms with E-state index in [0.29, 0.717) is 33.3 Å². The first kappa shape index (κ1) is 17.6. The van der Waals surface area contributed by atoms with Gasteiger partial charge in [-0.2, -0.15) is 0 Å². The first-order valence-corrected chi connectivity index (χ1v) is 9.00. The molecule has 0 radical (unpaired) electrons. The third-order valence-corrected chi connectivity index (χ3v) is 4.96. The molecule has 1 aromatic heterocycles. The average molecular weight is 397 g/mol. The number of nitrogens with zero attached hydrogens (tertiary/aromatic N) is 1. The molecule has 0 aliphatic heterocycles. The van der Waals surface area contributed by atoms with Crippen molar-refractivity contribution in [1.82, 2.24) is 4.98 Å². The lowest BCUT2D eigenvalue weighted by Crippen LogP contribution is -2.12. The van der Waals surface area contributed by atoms with E-state index in [2.05, 4.69) is 10.3 Å². The Bertz CT molecular complexity index is 1150. The molecule has 27 heavy (non-hydrogen) atoms. The summed E-state index contributed by atoms with van der Waals surface area (Å²) in [5.74, 6) is 0.190. The van der Waals surface area contributed by atoms with Crippen molar-refractivity contribution in [2.75, 3.05) is 5.32 Å². The average Bonchev–Trinajstić information content (AvgIpc) is 3.07. The highest BCUT2D eigenvalue weighted by atomic mass is 35.5. The minimum Gasteiger partial charge on any atom is -0.436 e. The molecule has 0 saturated carbocycles. The van der Waals surface area contributed by atoms with Gasteiger partial charge in [0, 0.05) is 11.3 Å². The Morgan fingerprint density at radius 1 is 1.04 bits per heavy atom. The van der Waals surface area contributed by atoms with E-state index < -0.39 is 0 Å². The van der Waals surface area contributed by atoms with Crippen molar-refractivity contribution in [3.05, 3.63) is 81.8 Å². The zero-order chi connectivity index (χ0) is 19.0. The number of benzene rings is 3. The molecule has 3 aromatic carbocycles. The van der Waals surface area contributed by atoms with Gasteiger partial charge in [-0.25, -0.2) is 4.98 Å². The molecule has 0 atom stereocenters. The van der Waals surface area contributed by atoms with Gasteiger partial charge in [0.2, 0.25) is 5.89 Å². The fraction of sp³-hybridized carbons (Fsp3) is 0.0476. The van der Waals surface area contributed by atoms with Crippen LogP contribution in [-0.2, 0) is 0 Å². The van der Waals surface area contributed by atoms with Crippen LogP contribution < -0.4 is 5.32 Å². The first-order chi connectivity index (χ1) is 13.0. The minimum atomic E-state index is -0.343. The maximum absolute atomic E-state index is 12.5. The van der Waals surface area contributed by atoms with Gasteiger partial charge in [-0.05, 0) is 49.4 Å². The van der Waals surface area contributed by atoms with E-state index >= 15 is 0 Å². The van der Waals surface area contributed by atoms with E-state index in [1.165, 1.54) is 5.56 Å². The van der Waals surface area contributed by atoms with Crippen LogP contribution in [0, 0.1) is 6.92 Å². The summed E-state index contributed by atoms with van der Waals surface area (Å²) in [6.07, 6.45) is 0. The molecule has 1 heterocycles. The fourth-order valence-electron chi connectivity index (χ4n) is 2.70. The summed E-state index contributed by atoms with van der Waals surface area (Å²) in [6, 6.07) is 18.1. The van der Waals surface area contributed by atoms with E-state index in [1.807, 2.05) is 31.2 Å². The number of aryl methyl sites for hydroxylation is 1. The van der Waals surface area contributed by atoms with Crippen LogP contribution in [0.25, 0.3) is 22.6 Å². The Morgan fingerprint density at radius 2 is 1.81 bits per heavy atom. The highest BCUT2D eigenvalue weighted by Crippen LogP contribution is 2.28. The zero-order valence-electron chi connectivity index (χ0n) is 14.3. The maximum atomic E-state index is 12.5. The third kappa shape index (κ3) is 3.54. The zero-order valence-corrected chi connectivity index (χ0v) is 15.8. The SMILES string of the molecule is Cc1ccc(-c2nc3cc(NC(=O)c4cccc(Cl)c4Cl)ccc3o2)cc1. The van der Waals surface area contributed by atoms with Crippen molar-refractivity contribution in [3.63, 3.8) is 0 Å². The first-order valence-electron chi connectivity index (χ1n) is 8.24. The molecule has 1 N–H and O–H groups in total. The van der Waals surface area contributed by atoms with Crippen molar-refractivity contribution < 1.29 is 9.21 Å². The summed E-state index contributed by atoms with van der Waals surface area (Å²) in [4.78, 5) is 17.0. The normalized spacial score (nSPS) is 10.9. The molecule has 0 fully saturated rings. The lowest BCUT2D eigenvalue weighted by atomic mass is 10.1. The number of hydrogen-bond acceptors (Lipinski definition) is 3. The number of anilines is 1. The topological polar surface area (TPSA) is 55.1 Å². The number of aromatic nitrogens is 1. The van der Waals surface area contributed by atoms with E-state index in [0.717, 1.165) is 5.56 Å². The van der Waals surface area contributed by atoms with Gasteiger partial charge in [-0.1, -0.05) is 47.0 Å². The lowest BCUT2D eigenvalue weighted by molar-refractivity contribution is 0.102. The predicted octanol–water partition coefficient (Wildman–Crippen LogP) is 6.36. The number of halogens is 2. The molecule has 0 spiro atoms. The van der Waals surface area contributed by atoms with Crippen molar-refractivity contribution in [3.8, 4) is 11.5 Å². The van der Waals surface area contributed by atoms with Crippen LogP contribution in [0.15, 0.2) is 65.1 Å². The second-order valence-electron chi connectivity index (χ2n) is 6.12. The number of fused-ring (bicyclic) bond motifs is 1. The summed E-state index contributed by atoms with van der Waals surface area (Å²) < 4.78 is 5.81. The molecule has 0 saturated heterocycles. The second-order valence-corrected chi connectivity index (χ2v) is 6.91. The molecule has 4 rings (SSSR count). The predicted molar refractivity (Wildman–Crippen MR) is 109 cm³/mol. The third-order valence-electron chi connectivity index (χ3n) is 4.14. The Kier molecular flexibility index (Phi) is 4.60. The van der Waals surface area contributed by atoms with Crippen LogP contribution in [0.3, 0.4) is 0 Å². The number of rotatable bonds is 3. The maximum Gasteiger partial charge on any atom is 0.257 e. The van der Waals surface area contributed by atoms with Crippen LogP contribution in [0.5, 0.6) is 0 Å². The Hall–Kier alpha value is -2.82. The Balaban J connectivity index is 1.62. The highest BCUT2D eigenvalue weighted by molar-refractivity contribution is 6.44. The van der Waals surface area contributed by atoms with Gasteiger partial charge < -0.3 is 9.73 Å². The number of oxazole rings is 1. The Labute approximate surface area is 165 Å². The summed E-state index contributed by atoms with van der Waals surface area (Å²) in [7, 11) is 0. The van der Waals surface area contributed by atoms with Crippen LogP contribution >= 0.6 is 23.2 Å². The van der Waals surface area contributed by atoms with Crippen LogP contribution in [-0.4, -0.2) is 10.9 Å². The minimum absolute atomic E-state index is 0.223. The molecule has 0 aliphatic carbocycles. The molecule has 134 valence electrons. The quantitative estimate of drug-likeness (QED) is 0.438. The van der Waals surface area contributed by atoms with Gasteiger partial charge in [-0.3, -0.25) is 4.79 Å². The molecular weight excluding hydrogens is 383 g/mol. The van der Waals surface area contributed by atoms with E-state index in [9.17, 15) is 4.79 Å². The largest absolute Gasteiger partial charge is 0.436 e. The van der Waals surface area contributed by atoms with Gasteiger partial charge >= 0.3 is 0 Å². The molecule has 6 heteroatoms. The van der Waals surface area contributed by atoms with Crippen LogP contribution in [0.2, 0.25) is 10.0 Å². The van der Waals surface area contributed by atoms with Crippen molar-refractivity contribution >= 4 is 45.9 Å². The standard InChI is InChI=1S/C21H14Cl2N2O2/c1-12-5-7-13(8-6-12)21-25-17-11-14(9-10-18(17)27-21)24-20(26)15-3-2-4-16(22)19(15)23/h2-11H,1H3,(H,24,26). The van der Waals surface area contributed by atoms with Crippen molar-refractivity contribution in [2.45, 2.75) is 6.92 Å². The van der Waals surface area contributed by atoms with Gasteiger partial charge in [-0.15, -0.1) is 0 Å². The fourth-order valence-corrected chi connectivity index (χ4v) is 3.09. The van der Waals surface area contributed by atoms with Gasteiger partial charge in [0.05, 0.1) is 15.6 Å². The summed E-state index contributed by atoms with van der Waals surface area (Å²) in [5, 5.41) is 3.37. The van der Waals surface area contributed by atoms with Crippen LogP contribution in [0.4, 0.5) is 5.69 Å². The number of amides is 1. The number of carbonyl (C=O) groups excluding carboxylic acids is 1. The van der Waals surface area contributed by atoms with Gasteiger partial charge in [0.25, 0.3) is 5.91 Å². The monoisotopic (exact) mass is 396 g/mol. The lowest BCUT2D eigenvalue weighted by Gasteiger charge is -2.07. The van der Waals surface area contributed by atoms with Crippen molar-refractivity contribution in [2.24, 2.45) is 0 Å². The second kappa shape index (κ2) is 7.06. The molecule has 1 amide bonds. The van der Waals surface area contributed by atoms with Gasteiger partial charge in [0.15, 0.2) is 5.58 Å². The number of carbonyl (C=O) groups is 1. The molecular formula is C21H14Cl2N2O2. The molecule has 4 nitrogen and oxygen atoms in total. The Morgan fingerprint density at radius 3 is 2.59 bits per heavy atom. The van der Waals surface area contributed by atoms with E-state index in [-0.39, 0.29) is 10.9 Å². The number of hydrogen-bond donors (Lipinski definition) is 1. The smallest absolute Gasteiger partial charge is 0.257 e. The van der Waals surface area contributed by atoms with Crippen molar-refractivity contribution in [1.29, 1.82) is 0 Å². The molecule has 0 aliphatic rings. The molecule has 0 unspecified atom stereocenters. The van der Waals surface area contributed by atoms with E-state index in [4.69, 9.17) is 27.6 Å².